The molecule has 1 aromatic carbocycles. The summed E-state index contributed by atoms with van der Waals surface area (Å²) in [6.07, 6.45) is 6.07. The standard InChI is InChI=1S/C28H36F2N4O4/c1-27(2,30)18-33-12-8-19(9-13-33)17-38-21-15-31-24(32-16-21)20-6-7-22(23(29)14-20)25(35)34-11-5-10-28(34,3)26(36)37-4/h6-7,14-16,19H,5,8-13,17-18H2,1-4H3/t28-/m0/s1. The number of hydrogen-bond acceptors (Lipinski definition) is 7. The van der Waals surface area contributed by atoms with Crippen LogP contribution in [0.2, 0.25) is 0 Å². The molecule has 4 rings (SSSR count). The van der Waals surface area contributed by atoms with Crippen molar-refractivity contribution in [3.8, 4) is 17.1 Å². The van der Waals surface area contributed by atoms with Gasteiger partial charge in [0, 0.05) is 18.7 Å². The van der Waals surface area contributed by atoms with E-state index in [0.29, 0.717) is 55.6 Å². The van der Waals surface area contributed by atoms with Gasteiger partial charge in [-0.2, -0.15) is 0 Å². The minimum absolute atomic E-state index is 0.119. The van der Waals surface area contributed by atoms with Crippen molar-refractivity contribution in [2.45, 2.75) is 57.7 Å². The molecule has 0 saturated carbocycles. The van der Waals surface area contributed by atoms with E-state index in [1.165, 1.54) is 24.1 Å². The van der Waals surface area contributed by atoms with Gasteiger partial charge >= 0.3 is 5.97 Å². The zero-order chi connectivity index (χ0) is 27.5. The van der Waals surface area contributed by atoms with Crippen LogP contribution in [0.4, 0.5) is 8.78 Å². The van der Waals surface area contributed by atoms with E-state index in [1.807, 2.05) is 0 Å². The Labute approximate surface area is 222 Å². The average Bonchev–Trinajstić information content (AvgIpc) is 3.29. The summed E-state index contributed by atoms with van der Waals surface area (Å²) in [4.78, 5) is 37.5. The van der Waals surface area contributed by atoms with Gasteiger partial charge in [-0.1, -0.05) is 6.07 Å². The fourth-order valence-electron chi connectivity index (χ4n) is 5.29. The SMILES string of the molecule is COC(=O)[C@]1(C)CCCN1C(=O)c1ccc(-c2ncc(OCC3CCN(CC(C)(C)F)CC3)cn2)cc1F. The summed E-state index contributed by atoms with van der Waals surface area (Å²) in [6, 6.07) is 4.21. The Morgan fingerprint density at radius 2 is 1.84 bits per heavy atom. The molecule has 206 valence electrons. The third-order valence-corrected chi connectivity index (χ3v) is 7.39. The van der Waals surface area contributed by atoms with E-state index >= 15 is 4.39 Å². The lowest BCUT2D eigenvalue weighted by molar-refractivity contribution is -0.151. The van der Waals surface area contributed by atoms with E-state index < -0.39 is 28.9 Å². The lowest BCUT2D eigenvalue weighted by Crippen LogP contribution is -2.51. The summed E-state index contributed by atoms with van der Waals surface area (Å²) < 4.78 is 39.6. The molecule has 8 nitrogen and oxygen atoms in total. The molecular weight excluding hydrogens is 494 g/mol. The minimum Gasteiger partial charge on any atom is -0.490 e. The highest BCUT2D eigenvalue weighted by atomic mass is 19.1. The van der Waals surface area contributed by atoms with Crippen molar-refractivity contribution in [2.75, 3.05) is 39.9 Å². The van der Waals surface area contributed by atoms with Gasteiger partial charge in [-0.05, 0) is 77.6 Å². The second-order valence-corrected chi connectivity index (χ2v) is 11.0. The normalized spacial score (nSPS) is 20.9. The highest BCUT2D eigenvalue weighted by Crippen LogP contribution is 2.32. The monoisotopic (exact) mass is 530 g/mol. The molecule has 1 atom stereocenters. The van der Waals surface area contributed by atoms with Crippen LogP contribution in [-0.2, 0) is 9.53 Å². The average molecular weight is 531 g/mol. The second kappa shape index (κ2) is 11.3. The molecular formula is C28H36F2N4O4. The number of aromatic nitrogens is 2. The van der Waals surface area contributed by atoms with Gasteiger partial charge in [0.1, 0.15) is 17.0 Å². The maximum atomic E-state index is 15.0. The molecule has 1 amide bonds. The molecule has 0 spiro atoms. The number of esters is 1. The first-order valence-corrected chi connectivity index (χ1v) is 13.1. The zero-order valence-corrected chi connectivity index (χ0v) is 22.5. The van der Waals surface area contributed by atoms with Gasteiger partial charge in [0.05, 0.1) is 31.7 Å². The molecule has 0 radical (unpaired) electrons. The van der Waals surface area contributed by atoms with Gasteiger partial charge in [0.2, 0.25) is 0 Å². The number of likely N-dealkylation sites (tertiary alicyclic amines) is 2. The third kappa shape index (κ3) is 6.28. The van der Waals surface area contributed by atoms with Crippen molar-refractivity contribution >= 4 is 11.9 Å². The molecule has 2 saturated heterocycles. The van der Waals surface area contributed by atoms with Crippen LogP contribution in [0.1, 0.15) is 56.8 Å². The van der Waals surface area contributed by atoms with Crippen molar-refractivity contribution < 1.29 is 27.8 Å². The largest absolute Gasteiger partial charge is 0.490 e. The maximum Gasteiger partial charge on any atom is 0.331 e. The van der Waals surface area contributed by atoms with Crippen molar-refractivity contribution in [1.29, 1.82) is 0 Å². The van der Waals surface area contributed by atoms with Crippen molar-refractivity contribution in [2.24, 2.45) is 5.92 Å². The lowest BCUT2D eigenvalue weighted by atomic mass is 9.97. The summed E-state index contributed by atoms with van der Waals surface area (Å²) in [5.41, 5.74) is -2.00. The smallest absolute Gasteiger partial charge is 0.331 e. The Kier molecular flexibility index (Phi) is 8.30. The molecule has 10 heteroatoms. The van der Waals surface area contributed by atoms with Gasteiger partial charge in [-0.3, -0.25) is 4.79 Å². The van der Waals surface area contributed by atoms with E-state index in [0.717, 1.165) is 25.9 Å². The van der Waals surface area contributed by atoms with Crippen LogP contribution in [0.5, 0.6) is 5.75 Å². The zero-order valence-electron chi connectivity index (χ0n) is 22.5. The quantitative estimate of drug-likeness (QED) is 0.471. The first-order valence-electron chi connectivity index (χ1n) is 13.1. The summed E-state index contributed by atoms with van der Waals surface area (Å²) >= 11 is 0. The molecule has 2 fully saturated rings. The van der Waals surface area contributed by atoms with Crippen LogP contribution < -0.4 is 4.74 Å². The number of ether oxygens (including phenoxy) is 2. The summed E-state index contributed by atoms with van der Waals surface area (Å²) in [7, 11) is 1.28. The number of methoxy groups -OCH3 is 1. The molecule has 0 bridgehead atoms. The third-order valence-electron chi connectivity index (χ3n) is 7.39. The van der Waals surface area contributed by atoms with E-state index in [1.54, 1.807) is 39.2 Å². The van der Waals surface area contributed by atoms with E-state index in [4.69, 9.17) is 9.47 Å². The number of amides is 1. The number of alkyl halides is 1. The Hall–Kier alpha value is -3.14. The molecule has 0 aliphatic carbocycles. The molecule has 1 aromatic heterocycles. The van der Waals surface area contributed by atoms with Crippen molar-refractivity contribution in [3.05, 3.63) is 42.0 Å². The Bertz CT molecular complexity index is 1150. The van der Waals surface area contributed by atoms with Gasteiger partial charge in [-0.25, -0.2) is 23.5 Å². The van der Waals surface area contributed by atoms with Crippen molar-refractivity contribution in [3.63, 3.8) is 0 Å². The number of carbonyl (C=O) groups is 2. The van der Waals surface area contributed by atoms with Crippen LogP contribution >= 0.6 is 0 Å². The molecule has 2 aromatic rings. The molecule has 2 aliphatic rings. The Balaban J connectivity index is 1.35. The number of hydrogen-bond donors (Lipinski definition) is 0. The van der Waals surface area contributed by atoms with E-state index in [2.05, 4.69) is 14.9 Å². The fraction of sp³-hybridized carbons (Fsp3) is 0.571. The van der Waals surface area contributed by atoms with Gasteiger partial charge in [-0.15, -0.1) is 0 Å². The van der Waals surface area contributed by atoms with Crippen LogP contribution in [0, 0.1) is 11.7 Å². The summed E-state index contributed by atoms with van der Waals surface area (Å²) in [6.45, 7) is 7.86. The number of carbonyl (C=O) groups excluding carboxylic acids is 2. The Morgan fingerprint density at radius 3 is 2.45 bits per heavy atom. The summed E-state index contributed by atoms with van der Waals surface area (Å²) in [5.74, 6) is -0.573. The predicted molar refractivity (Wildman–Crippen MR) is 138 cm³/mol. The molecule has 38 heavy (non-hydrogen) atoms. The van der Waals surface area contributed by atoms with E-state index in [9.17, 15) is 14.0 Å². The number of piperidine rings is 1. The number of nitrogens with zero attached hydrogens (tertiary/aromatic N) is 4. The molecule has 0 unspecified atom stereocenters. The highest BCUT2D eigenvalue weighted by molar-refractivity contribution is 5.99. The highest BCUT2D eigenvalue weighted by Gasteiger charge is 2.47. The molecule has 3 heterocycles. The first-order chi connectivity index (χ1) is 18.0. The van der Waals surface area contributed by atoms with Crippen molar-refractivity contribution in [1.82, 2.24) is 19.8 Å². The van der Waals surface area contributed by atoms with Crippen LogP contribution in [0.15, 0.2) is 30.6 Å². The van der Waals surface area contributed by atoms with Gasteiger partial charge < -0.3 is 19.3 Å². The maximum absolute atomic E-state index is 15.0. The summed E-state index contributed by atoms with van der Waals surface area (Å²) in [5, 5.41) is 0. The first kappa shape index (κ1) is 27.9. The van der Waals surface area contributed by atoms with Gasteiger partial charge in [0.25, 0.3) is 5.91 Å². The van der Waals surface area contributed by atoms with Crippen LogP contribution in [0.3, 0.4) is 0 Å². The van der Waals surface area contributed by atoms with E-state index in [-0.39, 0.29) is 5.56 Å². The predicted octanol–water partition coefficient (Wildman–Crippen LogP) is 4.29. The number of halogens is 2. The topological polar surface area (TPSA) is 84.9 Å². The van der Waals surface area contributed by atoms with Gasteiger partial charge in [0.15, 0.2) is 11.6 Å². The lowest BCUT2D eigenvalue weighted by Gasteiger charge is -2.34. The number of rotatable bonds is 8. The Morgan fingerprint density at radius 1 is 1.16 bits per heavy atom. The minimum atomic E-state index is -1.19. The fourth-order valence-corrected chi connectivity index (χ4v) is 5.29. The molecule has 2 aliphatic heterocycles. The second-order valence-electron chi connectivity index (χ2n) is 11.0. The molecule has 0 N–H and O–H groups in total. The van der Waals surface area contributed by atoms with Crippen LogP contribution in [0.25, 0.3) is 11.4 Å². The van der Waals surface area contributed by atoms with Crippen LogP contribution in [-0.4, -0.2) is 82.7 Å². The number of benzene rings is 1.